The summed E-state index contributed by atoms with van der Waals surface area (Å²) in [7, 11) is 0. The van der Waals surface area contributed by atoms with E-state index >= 15 is 0 Å². The van der Waals surface area contributed by atoms with Crippen molar-refractivity contribution in [3.8, 4) is 11.8 Å². The molecule has 0 aliphatic rings. The summed E-state index contributed by atoms with van der Waals surface area (Å²) >= 11 is 0. The molecule has 0 saturated carbocycles. The lowest BCUT2D eigenvalue weighted by Crippen LogP contribution is -2.31. The van der Waals surface area contributed by atoms with Gasteiger partial charge < -0.3 is 11.5 Å². The molecule has 4 rings (SSSR count). The molecule has 9 nitrogen and oxygen atoms in total. The van der Waals surface area contributed by atoms with Crippen LogP contribution in [0.3, 0.4) is 0 Å². The SMILES string of the molecule is CCN(c1nc(N)nc(N)c1C#N)c1nc2c(F)cccc2c(=O)n1-c1cc(F)cc(F)c1. The van der Waals surface area contributed by atoms with E-state index in [-0.39, 0.29) is 52.2 Å². The van der Waals surface area contributed by atoms with Gasteiger partial charge in [-0.3, -0.25) is 9.69 Å². The van der Waals surface area contributed by atoms with Gasteiger partial charge in [-0.2, -0.15) is 15.2 Å². The first kappa shape index (κ1) is 21.6. The fourth-order valence-electron chi connectivity index (χ4n) is 3.42. The van der Waals surface area contributed by atoms with Crippen molar-refractivity contribution in [1.82, 2.24) is 19.5 Å². The van der Waals surface area contributed by atoms with Crippen molar-refractivity contribution in [1.29, 1.82) is 5.26 Å². The molecule has 2 aromatic heterocycles. The van der Waals surface area contributed by atoms with Crippen LogP contribution in [-0.2, 0) is 0 Å². The summed E-state index contributed by atoms with van der Waals surface area (Å²) in [5, 5.41) is 9.46. The molecule has 2 heterocycles. The second kappa shape index (κ2) is 8.12. The van der Waals surface area contributed by atoms with Crippen LogP contribution in [0, 0.1) is 28.8 Å². The predicted molar refractivity (Wildman–Crippen MR) is 115 cm³/mol. The lowest BCUT2D eigenvalue weighted by molar-refractivity contribution is 0.581. The van der Waals surface area contributed by atoms with Gasteiger partial charge in [0.05, 0.1) is 11.1 Å². The zero-order chi connectivity index (χ0) is 23.9. The van der Waals surface area contributed by atoms with Gasteiger partial charge in [0, 0.05) is 12.6 Å². The number of nitriles is 1. The van der Waals surface area contributed by atoms with Gasteiger partial charge in [-0.05, 0) is 31.2 Å². The number of hydrogen-bond donors (Lipinski definition) is 2. The van der Waals surface area contributed by atoms with E-state index in [2.05, 4.69) is 15.0 Å². The molecular formula is C21H15F3N8O. The molecule has 166 valence electrons. The third-order valence-electron chi connectivity index (χ3n) is 4.80. The number of nitrogens with zero attached hydrogens (tertiary/aromatic N) is 6. The molecule has 0 amide bonds. The van der Waals surface area contributed by atoms with E-state index in [0.29, 0.717) is 6.07 Å². The minimum atomic E-state index is -0.946. The molecule has 0 unspecified atom stereocenters. The number of fused-ring (bicyclic) bond motifs is 1. The van der Waals surface area contributed by atoms with Crippen molar-refractivity contribution in [3.05, 3.63) is 69.8 Å². The molecule has 4 N–H and O–H groups in total. The van der Waals surface area contributed by atoms with Crippen molar-refractivity contribution >= 4 is 34.4 Å². The monoisotopic (exact) mass is 452 g/mol. The number of para-hydroxylation sites is 1. The van der Waals surface area contributed by atoms with Crippen LogP contribution in [0.5, 0.6) is 0 Å². The van der Waals surface area contributed by atoms with Gasteiger partial charge in [0.25, 0.3) is 5.56 Å². The van der Waals surface area contributed by atoms with E-state index in [1.54, 1.807) is 6.92 Å². The Morgan fingerprint density at radius 2 is 1.79 bits per heavy atom. The Hall–Kier alpha value is -4.66. The molecule has 0 bridgehead atoms. The van der Waals surface area contributed by atoms with Crippen LogP contribution in [0.2, 0.25) is 0 Å². The van der Waals surface area contributed by atoms with Crippen LogP contribution < -0.4 is 21.9 Å². The van der Waals surface area contributed by atoms with Crippen LogP contribution in [0.4, 0.5) is 36.7 Å². The molecule has 0 aliphatic heterocycles. The third kappa shape index (κ3) is 3.65. The molecule has 33 heavy (non-hydrogen) atoms. The number of benzene rings is 2. The highest BCUT2D eigenvalue weighted by molar-refractivity contribution is 5.81. The van der Waals surface area contributed by atoms with E-state index in [9.17, 15) is 23.2 Å². The smallest absolute Gasteiger partial charge is 0.267 e. The van der Waals surface area contributed by atoms with E-state index in [1.165, 1.54) is 17.0 Å². The largest absolute Gasteiger partial charge is 0.382 e. The molecule has 0 fully saturated rings. The lowest BCUT2D eigenvalue weighted by atomic mass is 10.2. The second-order valence-electron chi connectivity index (χ2n) is 6.84. The van der Waals surface area contributed by atoms with E-state index in [1.807, 2.05) is 6.07 Å². The van der Waals surface area contributed by atoms with E-state index in [0.717, 1.165) is 22.8 Å². The summed E-state index contributed by atoms with van der Waals surface area (Å²) < 4.78 is 43.6. The summed E-state index contributed by atoms with van der Waals surface area (Å²) in [6.45, 7) is 1.67. The Kier molecular flexibility index (Phi) is 5.31. The van der Waals surface area contributed by atoms with Crippen molar-refractivity contribution < 1.29 is 13.2 Å². The Labute approximate surface area is 184 Å². The Bertz CT molecular complexity index is 1490. The Morgan fingerprint density at radius 3 is 2.42 bits per heavy atom. The number of nitrogens with two attached hydrogens (primary N) is 2. The number of anilines is 4. The average molecular weight is 452 g/mol. The number of halogens is 3. The quantitative estimate of drug-likeness (QED) is 0.482. The molecular weight excluding hydrogens is 437 g/mol. The van der Waals surface area contributed by atoms with Gasteiger partial charge in [-0.1, -0.05) is 6.07 Å². The molecule has 0 aliphatic carbocycles. The molecule has 2 aromatic carbocycles. The number of nitrogen functional groups attached to an aromatic ring is 2. The first-order chi connectivity index (χ1) is 15.7. The molecule has 0 spiro atoms. The molecule has 0 radical (unpaired) electrons. The Morgan fingerprint density at radius 1 is 1.09 bits per heavy atom. The summed E-state index contributed by atoms with van der Waals surface area (Å²) in [4.78, 5) is 26.7. The summed E-state index contributed by atoms with van der Waals surface area (Å²) in [5.74, 6) is -3.55. The van der Waals surface area contributed by atoms with Gasteiger partial charge in [0.2, 0.25) is 11.9 Å². The zero-order valence-electron chi connectivity index (χ0n) is 17.1. The van der Waals surface area contributed by atoms with Crippen LogP contribution in [0.25, 0.3) is 16.6 Å². The van der Waals surface area contributed by atoms with Gasteiger partial charge in [0.15, 0.2) is 5.82 Å². The maximum atomic E-state index is 14.6. The van der Waals surface area contributed by atoms with Crippen LogP contribution in [-0.4, -0.2) is 26.1 Å². The highest BCUT2D eigenvalue weighted by Crippen LogP contribution is 2.30. The fourth-order valence-corrected chi connectivity index (χ4v) is 3.42. The summed E-state index contributed by atoms with van der Waals surface area (Å²) in [6.07, 6.45) is 0. The number of rotatable bonds is 4. The summed E-state index contributed by atoms with van der Waals surface area (Å²) in [6, 6.07) is 8.10. The van der Waals surface area contributed by atoms with Crippen molar-refractivity contribution in [2.24, 2.45) is 0 Å². The lowest BCUT2D eigenvalue weighted by Gasteiger charge is -2.26. The zero-order valence-corrected chi connectivity index (χ0v) is 17.1. The average Bonchev–Trinajstić information content (AvgIpc) is 2.74. The van der Waals surface area contributed by atoms with Crippen molar-refractivity contribution in [3.63, 3.8) is 0 Å². The fraction of sp³-hybridized carbons (Fsp3) is 0.0952. The number of aromatic nitrogens is 4. The molecule has 0 atom stereocenters. The number of hydrogen-bond acceptors (Lipinski definition) is 8. The predicted octanol–water partition coefficient (Wildman–Crippen LogP) is 2.79. The first-order valence-electron chi connectivity index (χ1n) is 9.53. The van der Waals surface area contributed by atoms with Crippen molar-refractivity contribution in [2.45, 2.75) is 6.92 Å². The topological polar surface area (TPSA) is 140 Å². The Balaban J connectivity index is 2.16. The highest BCUT2D eigenvalue weighted by Gasteiger charge is 2.25. The maximum absolute atomic E-state index is 14.6. The van der Waals surface area contributed by atoms with E-state index < -0.39 is 23.0 Å². The van der Waals surface area contributed by atoms with Crippen LogP contribution in [0.1, 0.15) is 12.5 Å². The van der Waals surface area contributed by atoms with Crippen LogP contribution >= 0.6 is 0 Å². The summed E-state index contributed by atoms with van der Waals surface area (Å²) in [5.41, 5.74) is 10.0. The molecule has 12 heteroatoms. The molecule has 0 saturated heterocycles. The van der Waals surface area contributed by atoms with Crippen molar-refractivity contribution in [2.75, 3.05) is 22.9 Å². The van der Waals surface area contributed by atoms with Gasteiger partial charge in [-0.25, -0.2) is 22.7 Å². The normalized spacial score (nSPS) is 10.9. The first-order valence-corrected chi connectivity index (χ1v) is 9.53. The van der Waals surface area contributed by atoms with Crippen LogP contribution in [0.15, 0.2) is 41.2 Å². The van der Waals surface area contributed by atoms with Gasteiger partial charge in [-0.15, -0.1) is 0 Å². The third-order valence-corrected chi connectivity index (χ3v) is 4.80. The minimum absolute atomic E-state index is 0.0365. The van der Waals surface area contributed by atoms with Gasteiger partial charge in [0.1, 0.15) is 40.4 Å². The highest BCUT2D eigenvalue weighted by atomic mass is 19.1. The maximum Gasteiger partial charge on any atom is 0.267 e. The molecule has 4 aromatic rings. The second-order valence-corrected chi connectivity index (χ2v) is 6.84. The van der Waals surface area contributed by atoms with E-state index in [4.69, 9.17) is 11.5 Å². The standard InChI is InChI=1S/C21H15F3N8O/c1-2-31(18-14(9-25)17(26)29-20(27)30-18)21-28-16-13(4-3-5-15(16)24)19(33)32(21)12-7-10(22)6-11(23)8-12/h3-8H,2H2,1H3,(H4,26,27,29,30). The van der Waals surface area contributed by atoms with Gasteiger partial charge >= 0.3 is 0 Å². The minimum Gasteiger partial charge on any atom is -0.382 e.